The smallest absolute Gasteiger partial charge is 0.257 e. The summed E-state index contributed by atoms with van der Waals surface area (Å²) < 4.78 is 0.682. The molecule has 5 heteroatoms. The molecule has 0 fully saturated rings. The third kappa shape index (κ3) is 3.56. The van der Waals surface area contributed by atoms with E-state index in [9.17, 15) is 9.90 Å². The highest BCUT2D eigenvalue weighted by Gasteiger charge is 2.17. The number of hydrogen-bond acceptors (Lipinski definition) is 2. The Morgan fingerprint density at radius 3 is 2.53 bits per heavy atom. The van der Waals surface area contributed by atoms with Crippen LogP contribution in [0.25, 0.3) is 0 Å². The minimum Gasteiger partial charge on any atom is -0.378 e. The summed E-state index contributed by atoms with van der Waals surface area (Å²) in [7, 11) is 0. The van der Waals surface area contributed by atoms with Gasteiger partial charge in [0.2, 0.25) is 0 Å². The quantitative estimate of drug-likeness (QED) is 0.893. The van der Waals surface area contributed by atoms with E-state index in [2.05, 4.69) is 21.2 Å². The highest BCUT2D eigenvalue weighted by Crippen LogP contribution is 2.26. The van der Waals surface area contributed by atoms with Crippen molar-refractivity contribution < 1.29 is 9.90 Å². The Hall–Kier alpha value is -1.36. The molecular weight excluding hydrogens is 330 g/mol. The van der Waals surface area contributed by atoms with E-state index < -0.39 is 12.0 Å². The molecule has 1 unspecified atom stereocenters. The van der Waals surface area contributed by atoms with E-state index >= 15 is 0 Å². The van der Waals surface area contributed by atoms with Gasteiger partial charge < -0.3 is 10.4 Å². The van der Waals surface area contributed by atoms with Crippen molar-refractivity contribution in [2.45, 2.75) is 6.10 Å². The molecular formula is C14H11BrClNO2. The van der Waals surface area contributed by atoms with Crippen molar-refractivity contribution in [2.75, 3.05) is 5.32 Å². The highest BCUT2D eigenvalue weighted by atomic mass is 79.9. The van der Waals surface area contributed by atoms with Gasteiger partial charge in [0.15, 0.2) is 6.10 Å². The van der Waals surface area contributed by atoms with Crippen molar-refractivity contribution in [3.63, 3.8) is 0 Å². The van der Waals surface area contributed by atoms with E-state index in [1.165, 1.54) is 0 Å². The predicted molar refractivity (Wildman–Crippen MR) is 79.2 cm³/mol. The summed E-state index contributed by atoms with van der Waals surface area (Å²) in [6, 6.07) is 13.8. The molecule has 0 aromatic heterocycles. The lowest BCUT2D eigenvalue weighted by molar-refractivity contribution is -0.124. The van der Waals surface area contributed by atoms with Gasteiger partial charge in [-0.3, -0.25) is 4.79 Å². The van der Waals surface area contributed by atoms with Crippen LogP contribution < -0.4 is 5.32 Å². The number of carbonyl (C=O) groups is 1. The molecule has 2 aromatic rings. The van der Waals surface area contributed by atoms with Crippen LogP contribution in [-0.2, 0) is 4.79 Å². The fourth-order valence-electron chi connectivity index (χ4n) is 1.57. The summed E-state index contributed by atoms with van der Waals surface area (Å²) in [6.07, 6.45) is -1.20. The number of anilines is 1. The topological polar surface area (TPSA) is 49.3 Å². The first-order chi connectivity index (χ1) is 9.08. The second kappa shape index (κ2) is 6.19. The van der Waals surface area contributed by atoms with Crippen LogP contribution in [0.4, 0.5) is 5.69 Å². The van der Waals surface area contributed by atoms with E-state index in [-0.39, 0.29) is 0 Å². The molecule has 0 bridgehead atoms. The number of amides is 1. The zero-order valence-corrected chi connectivity index (χ0v) is 12.1. The van der Waals surface area contributed by atoms with Crippen LogP contribution in [0.2, 0.25) is 5.02 Å². The molecule has 2 N–H and O–H groups in total. The number of hydrogen-bond donors (Lipinski definition) is 2. The van der Waals surface area contributed by atoms with Crippen LogP contribution in [-0.4, -0.2) is 11.0 Å². The summed E-state index contributed by atoms with van der Waals surface area (Å²) in [5, 5.41) is 13.1. The van der Waals surface area contributed by atoms with Gasteiger partial charge in [0.25, 0.3) is 5.91 Å². The van der Waals surface area contributed by atoms with Crippen LogP contribution in [0.15, 0.2) is 53.0 Å². The van der Waals surface area contributed by atoms with E-state index in [0.29, 0.717) is 20.7 Å². The Balaban J connectivity index is 2.10. The number of aliphatic hydroxyl groups is 1. The molecule has 3 nitrogen and oxygen atoms in total. The lowest BCUT2D eigenvalue weighted by Crippen LogP contribution is -2.20. The fourth-order valence-corrected chi connectivity index (χ4v) is 2.07. The molecule has 0 aliphatic rings. The van der Waals surface area contributed by atoms with E-state index in [1.807, 2.05) is 6.07 Å². The van der Waals surface area contributed by atoms with Crippen molar-refractivity contribution in [1.82, 2.24) is 0 Å². The summed E-state index contributed by atoms with van der Waals surface area (Å²) in [5.74, 6) is -0.486. The summed E-state index contributed by atoms with van der Waals surface area (Å²) in [4.78, 5) is 11.9. The Bertz CT molecular complexity index is 589. The number of halogens is 2. The molecule has 1 amide bonds. The average Bonchev–Trinajstić information content (AvgIpc) is 2.43. The van der Waals surface area contributed by atoms with Crippen LogP contribution >= 0.6 is 27.5 Å². The first-order valence-corrected chi connectivity index (χ1v) is 6.74. The summed E-state index contributed by atoms with van der Waals surface area (Å²) >= 11 is 9.14. The molecule has 0 aliphatic heterocycles. The van der Waals surface area contributed by atoms with Gasteiger partial charge in [-0.25, -0.2) is 0 Å². The van der Waals surface area contributed by atoms with Gasteiger partial charge in [0.05, 0.1) is 5.02 Å². The van der Waals surface area contributed by atoms with Crippen molar-refractivity contribution in [3.8, 4) is 0 Å². The Labute approximate surface area is 124 Å². The van der Waals surface area contributed by atoms with Crippen LogP contribution in [0, 0.1) is 0 Å². The third-order valence-corrected chi connectivity index (χ3v) is 3.76. The second-order valence-corrected chi connectivity index (χ2v) is 5.19. The molecule has 2 aromatic carbocycles. The minimum absolute atomic E-state index is 0.486. The zero-order valence-electron chi connectivity index (χ0n) is 9.81. The average molecular weight is 341 g/mol. The van der Waals surface area contributed by atoms with E-state index in [4.69, 9.17) is 11.6 Å². The molecule has 0 saturated carbocycles. The minimum atomic E-state index is -1.20. The maximum atomic E-state index is 11.9. The number of nitrogens with one attached hydrogen (secondary N) is 1. The molecule has 0 spiro atoms. The molecule has 19 heavy (non-hydrogen) atoms. The second-order valence-electron chi connectivity index (χ2n) is 3.93. The number of aliphatic hydroxyl groups excluding tert-OH is 1. The van der Waals surface area contributed by atoms with Gasteiger partial charge >= 0.3 is 0 Å². The van der Waals surface area contributed by atoms with Gasteiger partial charge in [0, 0.05) is 10.2 Å². The van der Waals surface area contributed by atoms with Crippen molar-refractivity contribution in [1.29, 1.82) is 0 Å². The third-order valence-electron chi connectivity index (χ3n) is 2.55. The van der Waals surface area contributed by atoms with Gasteiger partial charge in [-0.1, -0.05) is 41.9 Å². The SMILES string of the molecule is O=C(Nc1ccc(Cl)c(Br)c1)C(O)c1ccccc1. The largest absolute Gasteiger partial charge is 0.378 e. The predicted octanol–water partition coefficient (Wildman–Crippen LogP) is 3.77. The molecule has 2 rings (SSSR count). The maximum absolute atomic E-state index is 11.9. The molecule has 0 heterocycles. The molecule has 0 aliphatic carbocycles. The van der Waals surface area contributed by atoms with E-state index in [1.54, 1.807) is 42.5 Å². The number of rotatable bonds is 3. The number of benzene rings is 2. The number of carbonyl (C=O) groups excluding carboxylic acids is 1. The van der Waals surface area contributed by atoms with Crippen molar-refractivity contribution in [3.05, 3.63) is 63.6 Å². The van der Waals surface area contributed by atoms with Gasteiger partial charge in [-0.05, 0) is 39.7 Å². The van der Waals surface area contributed by atoms with Gasteiger partial charge in [-0.2, -0.15) is 0 Å². The van der Waals surface area contributed by atoms with Gasteiger partial charge in [-0.15, -0.1) is 0 Å². The van der Waals surface area contributed by atoms with Gasteiger partial charge in [0.1, 0.15) is 0 Å². The van der Waals surface area contributed by atoms with Crippen molar-refractivity contribution >= 4 is 39.1 Å². The molecule has 0 saturated heterocycles. The van der Waals surface area contributed by atoms with Crippen LogP contribution in [0.5, 0.6) is 0 Å². The molecule has 0 radical (unpaired) electrons. The first kappa shape index (κ1) is 14.1. The molecule has 98 valence electrons. The fraction of sp³-hybridized carbons (Fsp3) is 0.0714. The highest BCUT2D eigenvalue weighted by molar-refractivity contribution is 9.10. The normalized spacial score (nSPS) is 11.9. The summed E-state index contributed by atoms with van der Waals surface area (Å²) in [5.41, 5.74) is 1.12. The first-order valence-electron chi connectivity index (χ1n) is 5.57. The van der Waals surface area contributed by atoms with Crippen molar-refractivity contribution in [2.24, 2.45) is 0 Å². The summed E-state index contributed by atoms with van der Waals surface area (Å²) in [6.45, 7) is 0. The lowest BCUT2D eigenvalue weighted by atomic mass is 10.1. The molecule has 1 atom stereocenters. The maximum Gasteiger partial charge on any atom is 0.257 e. The lowest BCUT2D eigenvalue weighted by Gasteiger charge is -2.12. The Morgan fingerprint density at radius 1 is 1.21 bits per heavy atom. The monoisotopic (exact) mass is 339 g/mol. The Kier molecular flexibility index (Phi) is 4.58. The Morgan fingerprint density at radius 2 is 1.89 bits per heavy atom. The zero-order chi connectivity index (χ0) is 13.8. The van der Waals surface area contributed by atoms with Crippen LogP contribution in [0.1, 0.15) is 11.7 Å². The standard InChI is InChI=1S/C14H11BrClNO2/c15-11-8-10(6-7-12(11)16)17-14(19)13(18)9-4-2-1-3-5-9/h1-8,13,18H,(H,17,19). The van der Waals surface area contributed by atoms with Crippen LogP contribution in [0.3, 0.4) is 0 Å². The van der Waals surface area contributed by atoms with E-state index in [0.717, 1.165) is 0 Å².